The molecule has 226 valence electrons. The maximum absolute atomic E-state index is 13.7. The van der Waals surface area contributed by atoms with Crippen molar-refractivity contribution in [2.75, 3.05) is 31.1 Å². The highest BCUT2D eigenvalue weighted by atomic mass is 16.5. The van der Waals surface area contributed by atoms with E-state index < -0.39 is 17.8 Å². The van der Waals surface area contributed by atoms with E-state index in [1.54, 1.807) is 31.2 Å². The van der Waals surface area contributed by atoms with Crippen molar-refractivity contribution in [3.8, 4) is 0 Å². The molecule has 0 unspecified atom stereocenters. The fraction of sp³-hybridized carbons (Fsp3) is 0.342. The standard InChI is InChI=1S/C38H40N2O4/c1-27-11-8-14-30(21-27)23-33-31-16-9-19-38(33,25-39(24-31)20-10-15-29-12-4-3-5-13-29)26-44-37(43)32-17-6-7-18-34(32)40-35(41)22-28(2)36(40)42/h3-8,11-14,17-18,21-23,31H,9-10,15-16,19-20,24-26H2,1-2H3/t31-,38+/m1/s1. The molecule has 0 spiro atoms. The summed E-state index contributed by atoms with van der Waals surface area (Å²) in [5, 5.41) is 0. The van der Waals surface area contributed by atoms with E-state index in [1.807, 2.05) is 0 Å². The third-order valence-electron chi connectivity index (χ3n) is 9.36. The molecule has 0 N–H and O–H groups in total. The predicted octanol–water partition coefficient (Wildman–Crippen LogP) is 6.79. The lowest BCUT2D eigenvalue weighted by atomic mass is 9.62. The molecule has 1 aliphatic carbocycles. The van der Waals surface area contributed by atoms with Gasteiger partial charge in [0, 0.05) is 30.2 Å². The summed E-state index contributed by atoms with van der Waals surface area (Å²) in [6, 6.07) is 25.9. The van der Waals surface area contributed by atoms with Crippen LogP contribution in [0.1, 0.15) is 59.7 Å². The molecule has 2 fully saturated rings. The Morgan fingerprint density at radius 1 is 1.00 bits per heavy atom. The SMILES string of the molecule is CC1=CC(=O)N(c2ccccc2C(=O)OC[C@]23CCC[C@H](CN(CCCc4ccccc4)C2)C3=Cc2cccc(C)c2)C1=O. The normalized spacial score (nSPS) is 22.8. The van der Waals surface area contributed by atoms with Gasteiger partial charge in [0.1, 0.15) is 6.61 Å². The zero-order valence-corrected chi connectivity index (χ0v) is 25.6. The van der Waals surface area contributed by atoms with E-state index in [4.69, 9.17) is 4.74 Å². The van der Waals surface area contributed by atoms with Crippen LogP contribution in [0.25, 0.3) is 6.08 Å². The topological polar surface area (TPSA) is 66.9 Å². The van der Waals surface area contributed by atoms with Crippen LogP contribution < -0.4 is 4.90 Å². The number of carbonyl (C=O) groups excluding carboxylic acids is 3. The van der Waals surface area contributed by atoms with Crippen LogP contribution in [-0.4, -0.2) is 48.9 Å². The van der Waals surface area contributed by atoms with Crippen LogP contribution in [0, 0.1) is 18.3 Å². The molecule has 2 atom stereocenters. The van der Waals surface area contributed by atoms with Crippen molar-refractivity contribution in [2.24, 2.45) is 11.3 Å². The Morgan fingerprint density at radius 3 is 2.57 bits per heavy atom. The number of fused-ring (bicyclic) bond motifs is 2. The number of hydrogen-bond donors (Lipinski definition) is 0. The molecule has 2 amide bonds. The number of benzene rings is 3. The Bertz CT molecular complexity index is 1620. The van der Waals surface area contributed by atoms with Crippen LogP contribution in [0.15, 0.2) is 96.1 Å². The number of likely N-dealkylation sites (tertiary alicyclic amines) is 1. The predicted molar refractivity (Wildman–Crippen MR) is 173 cm³/mol. The van der Waals surface area contributed by atoms with Crippen LogP contribution in [0.4, 0.5) is 5.69 Å². The lowest BCUT2D eigenvalue weighted by Crippen LogP contribution is -2.53. The maximum Gasteiger partial charge on any atom is 0.340 e. The summed E-state index contributed by atoms with van der Waals surface area (Å²) in [5.41, 5.74) is 5.66. The molecule has 2 heterocycles. The van der Waals surface area contributed by atoms with E-state index in [0.717, 1.165) is 56.6 Å². The molecular weight excluding hydrogens is 548 g/mol. The van der Waals surface area contributed by atoms with Gasteiger partial charge in [-0.2, -0.15) is 0 Å². The van der Waals surface area contributed by atoms with Gasteiger partial charge in [0.05, 0.1) is 11.3 Å². The van der Waals surface area contributed by atoms with Crippen LogP contribution in [0.2, 0.25) is 0 Å². The number of piperidine rings is 1. The molecule has 0 radical (unpaired) electrons. The van der Waals surface area contributed by atoms with E-state index in [2.05, 4.69) is 72.5 Å². The second-order valence-corrected chi connectivity index (χ2v) is 12.6. The Kier molecular flexibility index (Phi) is 8.62. The van der Waals surface area contributed by atoms with E-state index in [9.17, 15) is 14.4 Å². The van der Waals surface area contributed by atoms with Crippen LogP contribution in [0.5, 0.6) is 0 Å². The van der Waals surface area contributed by atoms with Crippen molar-refractivity contribution < 1.29 is 19.1 Å². The highest BCUT2D eigenvalue weighted by Crippen LogP contribution is 2.49. The molecule has 6 rings (SSSR count). The Morgan fingerprint density at radius 2 is 1.80 bits per heavy atom. The van der Waals surface area contributed by atoms with E-state index in [1.165, 1.54) is 28.3 Å². The van der Waals surface area contributed by atoms with Crippen molar-refractivity contribution in [3.63, 3.8) is 0 Å². The highest BCUT2D eigenvalue weighted by Gasteiger charge is 2.47. The van der Waals surface area contributed by atoms with Crippen LogP contribution in [0.3, 0.4) is 0 Å². The van der Waals surface area contributed by atoms with Gasteiger partial charge in [-0.25, -0.2) is 9.69 Å². The lowest BCUT2D eigenvalue weighted by molar-refractivity contribution is -0.120. The minimum atomic E-state index is -0.515. The second kappa shape index (κ2) is 12.7. The minimum absolute atomic E-state index is 0.223. The van der Waals surface area contributed by atoms with Gasteiger partial charge in [-0.3, -0.25) is 9.59 Å². The average Bonchev–Trinajstić information content (AvgIpc) is 3.27. The maximum atomic E-state index is 13.7. The number of rotatable bonds is 9. The molecule has 6 nitrogen and oxygen atoms in total. The van der Waals surface area contributed by atoms with Crippen molar-refractivity contribution in [1.29, 1.82) is 0 Å². The smallest absolute Gasteiger partial charge is 0.340 e. The van der Waals surface area contributed by atoms with Gasteiger partial charge < -0.3 is 9.64 Å². The number of aryl methyl sites for hydroxylation is 2. The number of ether oxygens (including phenoxy) is 1. The molecule has 3 aromatic carbocycles. The molecule has 3 aliphatic rings. The summed E-state index contributed by atoms with van der Waals surface area (Å²) in [7, 11) is 0. The summed E-state index contributed by atoms with van der Waals surface area (Å²) in [6.07, 6.45) is 8.91. The number of nitrogens with zero attached hydrogens (tertiary/aromatic N) is 2. The van der Waals surface area contributed by atoms with E-state index in [-0.39, 0.29) is 23.3 Å². The fourth-order valence-electron chi connectivity index (χ4n) is 7.26. The third kappa shape index (κ3) is 6.18. The molecule has 0 aromatic heterocycles. The van der Waals surface area contributed by atoms with Gasteiger partial charge in [0.25, 0.3) is 11.8 Å². The van der Waals surface area contributed by atoms with Crippen molar-refractivity contribution in [2.45, 2.75) is 46.0 Å². The average molecular weight is 589 g/mol. The molecule has 1 saturated carbocycles. The third-order valence-corrected chi connectivity index (χ3v) is 9.36. The Balaban J connectivity index is 1.25. The number of carbonyl (C=O) groups is 3. The van der Waals surface area contributed by atoms with Gasteiger partial charge in [-0.15, -0.1) is 0 Å². The number of imide groups is 1. The number of amides is 2. The van der Waals surface area contributed by atoms with E-state index in [0.29, 0.717) is 11.5 Å². The minimum Gasteiger partial charge on any atom is -0.461 e. The number of hydrogen-bond acceptors (Lipinski definition) is 5. The number of esters is 1. The van der Waals surface area contributed by atoms with Crippen molar-refractivity contribution >= 4 is 29.5 Å². The monoisotopic (exact) mass is 588 g/mol. The molecule has 3 aromatic rings. The van der Waals surface area contributed by atoms with Gasteiger partial charge in [0.2, 0.25) is 0 Å². The zero-order valence-electron chi connectivity index (χ0n) is 25.6. The number of anilines is 1. The first-order valence-electron chi connectivity index (χ1n) is 15.7. The zero-order chi connectivity index (χ0) is 30.7. The Hall–Kier alpha value is -4.29. The summed E-state index contributed by atoms with van der Waals surface area (Å²) in [4.78, 5) is 42.7. The first-order valence-corrected chi connectivity index (χ1v) is 15.7. The fourth-order valence-corrected chi connectivity index (χ4v) is 7.26. The first-order chi connectivity index (χ1) is 21.3. The quantitative estimate of drug-likeness (QED) is 0.203. The lowest BCUT2D eigenvalue weighted by Gasteiger charge is -2.51. The van der Waals surface area contributed by atoms with Gasteiger partial charge in [-0.1, -0.05) is 90.4 Å². The highest BCUT2D eigenvalue weighted by molar-refractivity contribution is 6.31. The molecule has 2 bridgehead atoms. The summed E-state index contributed by atoms with van der Waals surface area (Å²) in [6.45, 7) is 6.81. The molecule has 6 heteroatoms. The van der Waals surface area contributed by atoms with Crippen molar-refractivity contribution in [3.05, 3.63) is 118 Å². The van der Waals surface area contributed by atoms with Gasteiger partial charge in [-0.05, 0) is 75.3 Å². The molecule has 44 heavy (non-hydrogen) atoms. The van der Waals surface area contributed by atoms with Crippen LogP contribution in [-0.2, 0) is 20.7 Å². The van der Waals surface area contributed by atoms with Crippen molar-refractivity contribution in [1.82, 2.24) is 4.90 Å². The summed E-state index contributed by atoms with van der Waals surface area (Å²) < 4.78 is 6.18. The molecular formula is C38H40N2O4. The largest absolute Gasteiger partial charge is 0.461 e. The Labute approximate surface area is 260 Å². The first kappa shape index (κ1) is 29.8. The second-order valence-electron chi connectivity index (χ2n) is 12.6. The summed E-state index contributed by atoms with van der Waals surface area (Å²) >= 11 is 0. The molecule has 2 aliphatic heterocycles. The van der Waals surface area contributed by atoms with Crippen LogP contribution >= 0.6 is 0 Å². The molecule has 1 saturated heterocycles. The number of para-hydroxylation sites is 1. The summed E-state index contributed by atoms with van der Waals surface area (Å²) in [5.74, 6) is -0.970. The van der Waals surface area contributed by atoms with Gasteiger partial charge >= 0.3 is 5.97 Å². The van der Waals surface area contributed by atoms with E-state index >= 15 is 0 Å². The van der Waals surface area contributed by atoms with Gasteiger partial charge in [0.15, 0.2) is 0 Å².